The van der Waals surface area contributed by atoms with E-state index in [-0.39, 0.29) is 0 Å². The van der Waals surface area contributed by atoms with Gasteiger partial charge in [0.2, 0.25) is 0 Å². The highest BCUT2D eigenvalue weighted by atomic mass is 15.2. The van der Waals surface area contributed by atoms with E-state index < -0.39 is 0 Å². The molecule has 0 saturated carbocycles. The zero-order valence-corrected chi connectivity index (χ0v) is 26.8. The van der Waals surface area contributed by atoms with Gasteiger partial charge in [0.25, 0.3) is 0 Å². The van der Waals surface area contributed by atoms with Gasteiger partial charge in [-0.1, -0.05) is 75.6 Å². The molecule has 0 spiro atoms. The van der Waals surface area contributed by atoms with E-state index in [4.69, 9.17) is 9.98 Å². The number of amidine groups is 1. The number of pyridine rings is 1. The molecule has 230 valence electrons. The van der Waals surface area contributed by atoms with Gasteiger partial charge in [0.15, 0.2) is 5.84 Å². The topological polar surface area (TPSA) is 81.2 Å². The lowest BCUT2D eigenvalue weighted by atomic mass is 10.0. The summed E-state index contributed by atoms with van der Waals surface area (Å²) >= 11 is 0. The minimum absolute atomic E-state index is 0.595. The number of fused-ring (bicyclic) bond motifs is 1. The third-order valence-corrected chi connectivity index (χ3v) is 7.82. The van der Waals surface area contributed by atoms with Crippen molar-refractivity contribution in [2.75, 3.05) is 26.2 Å². The molecule has 3 N–H and O–H groups in total. The number of likely N-dealkylation sites (tertiary alicyclic amines) is 1. The molecule has 0 amide bonds. The Bertz CT molecular complexity index is 1580. The van der Waals surface area contributed by atoms with Gasteiger partial charge in [-0.2, -0.15) is 5.10 Å². The van der Waals surface area contributed by atoms with Crippen LogP contribution in [0.5, 0.6) is 0 Å². The average molecular weight is 590 g/mol. The number of piperidine rings is 1. The molecule has 44 heavy (non-hydrogen) atoms. The normalized spacial score (nSPS) is 16.2. The van der Waals surface area contributed by atoms with Crippen molar-refractivity contribution in [3.8, 4) is 0 Å². The third-order valence-electron chi connectivity index (χ3n) is 7.82. The fourth-order valence-electron chi connectivity index (χ4n) is 5.51. The number of allylic oxidation sites excluding steroid dienone is 6. The number of aliphatic imine (C=N–C) groups is 1. The minimum Gasteiger partial charge on any atom is -0.371 e. The molecule has 0 radical (unpaired) electrons. The zero-order valence-electron chi connectivity index (χ0n) is 26.8. The first-order valence-electron chi connectivity index (χ1n) is 15.8. The molecular formula is C37H47N7. The van der Waals surface area contributed by atoms with Crippen molar-refractivity contribution in [2.45, 2.75) is 53.5 Å². The first-order valence-corrected chi connectivity index (χ1v) is 15.8. The first-order chi connectivity index (χ1) is 21.6. The maximum absolute atomic E-state index is 4.96. The smallest absolute Gasteiger partial charge is 0.154 e. The molecule has 0 aliphatic carbocycles. The summed E-state index contributed by atoms with van der Waals surface area (Å²) in [5.41, 5.74) is 9.45. The molecule has 0 bridgehead atoms. The Hall–Kier alpha value is -4.49. The van der Waals surface area contributed by atoms with Gasteiger partial charge in [0.1, 0.15) is 5.69 Å². The number of hydrogen-bond acceptors (Lipinski definition) is 6. The van der Waals surface area contributed by atoms with Crippen molar-refractivity contribution in [1.82, 2.24) is 30.7 Å². The summed E-state index contributed by atoms with van der Waals surface area (Å²) in [6.45, 7) is 20.4. The summed E-state index contributed by atoms with van der Waals surface area (Å²) in [5, 5.41) is 15.8. The van der Waals surface area contributed by atoms with Crippen LogP contribution in [0.15, 0.2) is 114 Å². The van der Waals surface area contributed by atoms with Gasteiger partial charge in [-0.05, 0) is 68.0 Å². The molecule has 4 heterocycles. The Kier molecular flexibility index (Phi) is 12.1. The highest BCUT2D eigenvalue weighted by molar-refractivity contribution is 6.09. The van der Waals surface area contributed by atoms with Crippen LogP contribution < -0.4 is 10.6 Å². The van der Waals surface area contributed by atoms with Crippen LogP contribution in [-0.2, 0) is 6.54 Å². The zero-order chi connectivity index (χ0) is 31.3. The number of aromatic nitrogens is 3. The van der Waals surface area contributed by atoms with Crippen LogP contribution in [0.3, 0.4) is 0 Å². The van der Waals surface area contributed by atoms with E-state index in [2.05, 4.69) is 94.4 Å². The van der Waals surface area contributed by atoms with E-state index in [9.17, 15) is 0 Å². The minimum atomic E-state index is 0.595. The monoisotopic (exact) mass is 589 g/mol. The van der Waals surface area contributed by atoms with E-state index in [0.29, 0.717) is 13.1 Å². The van der Waals surface area contributed by atoms with Crippen molar-refractivity contribution in [3.63, 3.8) is 0 Å². The van der Waals surface area contributed by atoms with Crippen LogP contribution in [0.4, 0.5) is 0 Å². The van der Waals surface area contributed by atoms with E-state index >= 15 is 0 Å². The van der Waals surface area contributed by atoms with Crippen LogP contribution in [0.2, 0.25) is 0 Å². The lowest BCUT2D eigenvalue weighted by molar-refractivity contribution is 0.289. The second kappa shape index (κ2) is 16.4. The fourth-order valence-corrected chi connectivity index (χ4v) is 5.51. The van der Waals surface area contributed by atoms with Gasteiger partial charge in [-0.3, -0.25) is 15.1 Å². The highest BCUT2D eigenvalue weighted by Crippen LogP contribution is 2.27. The van der Waals surface area contributed by atoms with Crippen molar-refractivity contribution in [3.05, 3.63) is 126 Å². The Morgan fingerprint density at radius 1 is 1.09 bits per heavy atom. The number of nitrogens with one attached hydrogen (secondary N) is 3. The van der Waals surface area contributed by atoms with E-state index in [1.807, 2.05) is 45.2 Å². The lowest BCUT2D eigenvalue weighted by Crippen LogP contribution is -2.35. The average Bonchev–Trinajstić information content (AvgIpc) is 3.50. The third kappa shape index (κ3) is 7.91. The number of aromatic amines is 1. The number of hydrogen-bond donors (Lipinski definition) is 3. The van der Waals surface area contributed by atoms with Gasteiger partial charge in [-0.25, -0.2) is 0 Å². The Morgan fingerprint density at radius 3 is 2.55 bits per heavy atom. The molecule has 0 atom stereocenters. The van der Waals surface area contributed by atoms with Crippen molar-refractivity contribution >= 4 is 22.3 Å². The highest BCUT2D eigenvalue weighted by Gasteiger charge is 2.23. The Balaban J connectivity index is 0.00000216. The summed E-state index contributed by atoms with van der Waals surface area (Å²) in [4.78, 5) is 12.2. The van der Waals surface area contributed by atoms with Crippen LogP contribution in [0.25, 0.3) is 16.5 Å². The van der Waals surface area contributed by atoms with E-state index in [0.717, 1.165) is 64.6 Å². The second-order valence-electron chi connectivity index (χ2n) is 10.7. The summed E-state index contributed by atoms with van der Waals surface area (Å²) < 4.78 is 0. The Morgan fingerprint density at radius 2 is 1.86 bits per heavy atom. The fraction of sp³-hybridized carbons (Fsp3) is 0.324. The van der Waals surface area contributed by atoms with E-state index in [1.54, 1.807) is 0 Å². The van der Waals surface area contributed by atoms with Crippen LogP contribution >= 0.6 is 0 Å². The predicted octanol–water partition coefficient (Wildman–Crippen LogP) is 7.47. The summed E-state index contributed by atoms with van der Waals surface area (Å²) in [6, 6.07) is 12.5. The van der Waals surface area contributed by atoms with Crippen LogP contribution in [0, 0.1) is 0 Å². The van der Waals surface area contributed by atoms with Crippen molar-refractivity contribution in [1.29, 1.82) is 0 Å². The molecule has 5 rings (SSSR count). The largest absolute Gasteiger partial charge is 0.371 e. The Labute approximate surface area is 263 Å². The predicted molar refractivity (Wildman–Crippen MR) is 186 cm³/mol. The van der Waals surface area contributed by atoms with Gasteiger partial charge in [0, 0.05) is 48.5 Å². The molecule has 2 aromatic heterocycles. The molecule has 7 nitrogen and oxygen atoms in total. The standard InChI is InChI=1S/C35H41N7.C2H6/c1-5-14-33(42-17-12-9-13-18-42)30-23-38-35(39-25(30)4)34-29-20-31(37-24-32(29)40-41-34)28(7-3)19-26(6-2)21-36-22-27-15-10-8-11-16-27;1-2/h5-8,10-11,14-16,19-20,24,36H,1-2,9,12-13,17-18,21-23H2,3-4H3,(H,38,39)(H,40,41);1-2H3/b26-19+,28-7+,33-14+;. The number of nitrogens with zero attached hydrogens (tertiary/aromatic N) is 4. The number of benzene rings is 1. The summed E-state index contributed by atoms with van der Waals surface area (Å²) in [7, 11) is 0. The molecule has 3 aromatic rings. The lowest BCUT2D eigenvalue weighted by Gasteiger charge is -2.33. The number of rotatable bonds is 11. The van der Waals surface area contributed by atoms with Crippen LogP contribution in [-0.4, -0.2) is 52.1 Å². The molecule has 1 saturated heterocycles. The molecule has 1 fully saturated rings. The van der Waals surface area contributed by atoms with Gasteiger partial charge < -0.3 is 15.5 Å². The maximum Gasteiger partial charge on any atom is 0.154 e. The molecule has 2 aliphatic rings. The molecular weight excluding hydrogens is 542 g/mol. The molecule has 7 heteroatoms. The second-order valence-corrected chi connectivity index (χ2v) is 10.7. The van der Waals surface area contributed by atoms with Gasteiger partial charge >= 0.3 is 0 Å². The molecule has 0 unspecified atom stereocenters. The summed E-state index contributed by atoms with van der Waals surface area (Å²) in [6.07, 6.45) is 15.7. The van der Waals surface area contributed by atoms with Gasteiger partial charge in [-0.15, -0.1) is 0 Å². The molecule has 1 aromatic carbocycles. The van der Waals surface area contributed by atoms with E-state index in [1.165, 1.54) is 36.1 Å². The molecule has 2 aliphatic heterocycles. The van der Waals surface area contributed by atoms with Crippen molar-refractivity contribution in [2.24, 2.45) is 4.99 Å². The first kappa shape index (κ1) is 32.4. The van der Waals surface area contributed by atoms with Crippen molar-refractivity contribution < 1.29 is 0 Å². The maximum atomic E-state index is 4.96. The van der Waals surface area contributed by atoms with Crippen LogP contribution in [0.1, 0.15) is 63.9 Å². The number of H-pyrrole nitrogens is 1. The summed E-state index contributed by atoms with van der Waals surface area (Å²) in [5.74, 6) is 0.769. The van der Waals surface area contributed by atoms with Gasteiger partial charge in [0.05, 0.1) is 24.0 Å². The SMILES string of the molecule is C=C/C=C(\C1=C(C)NC(c2n[nH]c3cnc(C(/C=C(\C=C)CNCc4ccccc4)=C/C)cc23)=NC1)N1CCCCC1.CC. The quantitative estimate of drug-likeness (QED) is 0.202.